The number of piperidine rings is 1. The number of pyridine rings is 1. The minimum absolute atomic E-state index is 0.0580. The van der Waals surface area contributed by atoms with E-state index in [9.17, 15) is 26.7 Å². The first kappa shape index (κ1) is 27.0. The van der Waals surface area contributed by atoms with E-state index in [1.54, 1.807) is 17.0 Å². The van der Waals surface area contributed by atoms with Gasteiger partial charge in [0.1, 0.15) is 10.6 Å². The Labute approximate surface area is 224 Å². The fourth-order valence-electron chi connectivity index (χ4n) is 5.03. The maximum absolute atomic E-state index is 13.9. The summed E-state index contributed by atoms with van der Waals surface area (Å²) in [5, 5.41) is 11.6. The zero-order chi connectivity index (χ0) is 27.8. The predicted molar refractivity (Wildman–Crippen MR) is 141 cm³/mol. The van der Waals surface area contributed by atoms with Crippen molar-refractivity contribution in [3.8, 4) is 5.75 Å². The van der Waals surface area contributed by atoms with E-state index in [1.807, 2.05) is 37.3 Å². The molecular formula is C29H27F3N2O4S. The summed E-state index contributed by atoms with van der Waals surface area (Å²) in [6, 6.07) is 19.4. The third-order valence-corrected chi connectivity index (χ3v) is 8.93. The van der Waals surface area contributed by atoms with Gasteiger partial charge in [-0.15, -0.1) is 13.2 Å². The number of hydrogen-bond acceptors (Lipinski definition) is 6. The summed E-state index contributed by atoms with van der Waals surface area (Å²) in [7, 11) is -4.09. The number of alkyl halides is 3. The van der Waals surface area contributed by atoms with Gasteiger partial charge in [0.2, 0.25) is 9.84 Å². The largest absolute Gasteiger partial charge is 0.573 e. The number of aryl methyl sites for hydroxylation is 1. The van der Waals surface area contributed by atoms with Gasteiger partial charge in [-0.25, -0.2) is 8.42 Å². The Hall–Kier alpha value is -3.63. The van der Waals surface area contributed by atoms with Crippen LogP contribution >= 0.6 is 0 Å². The topological polar surface area (TPSA) is 79.7 Å². The second-order valence-corrected chi connectivity index (χ2v) is 11.5. The normalized spacial score (nSPS) is 15.9. The molecule has 39 heavy (non-hydrogen) atoms. The number of rotatable bonds is 6. The third-order valence-electron chi connectivity index (χ3n) is 7.16. The SMILES string of the molecule is CCc1ccc(S(=O)(=O)c2cnc3ccc(OC(F)(F)F)cc3c2N2CCC(O)(c3ccccc3)CC2)cc1. The van der Waals surface area contributed by atoms with Gasteiger partial charge in [-0.2, -0.15) is 0 Å². The van der Waals surface area contributed by atoms with Gasteiger partial charge in [0, 0.05) is 24.7 Å². The van der Waals surface area contributed by atoms with Gasteiger partial charge in [-0.3, -0.25) is 4.98 Å². The molecule has 1 fully saturated rings. The fourth-order valence-corrected chi connectivity index (χ4v) is 6.46. The van der Waals surface area contributed by atoms with Crippen LogP contribution in [0.2, 0.25) is 0 Å². The summed E-state index contributed by atoms with van der Waals surface area (Å²) in [4.78, 5) is 6.02. The number of sulfone groups is 1. The monoisotopic (exact) mass is 556 g/mol. The Balaban J connectivity index is 1.63. The van der Waals surface area contributed by atoms with Crippen molar-refractivity contribution >= 4 is 26.4 Å². The molecule has 1 aromatic heterocycles. The lowest BCUT2D eigenvalue weighted by Crippen LogP contribution is -2.43. The molecular weight excluding hydrogens is 529 g/mol. The predicted octanol–water partition coefficient (Wildman–Crippen LogP) is 6.02. The summed E-state index contributed by atoms with van der Waals surface area (Å²) in [5.74, 6) is -0.474. The maximum atomic E-state index is 13.9. The van der Waals surface area contributed by atoms with E-state index in [2.05, 4.69) is 9.72 Å². The minimum Gasteiger partial charge on any atom is -0.406 e. The third kappa shape index (κ3) is 5.44. The lowest BCUT2D eigenvalue weighted by atomic mass is 9.84. The molecule has 0 spiro atoms. The minimum atomic E-state index is -4.91. The molecule has 0 bridgehead atoms. The Morgan fingerprint density at radius 3 is 2.28 bits per heavy atom. The second-order valence-electron chi connectivity index (χ2n) is 9.58. The van der Waals surface area contributed by atoms with E-state index in [0.717, 1.165) is 23.6 Å². The van der Waals surface area contributed by atoms with Crippen molar-refractivity contribution in [3.05, 3.63) is 90.1 Å². The zero-order valence-electron chi connectivity index (χ0n) is 21.1. The fraction of sp³-hybridized carbons (Fsp3) is 0.276. The molecule has 10 heteroatoms. The second kappa shape index (κ2) is 10.2. The molecule has 0 saturated carbocycles. The number of aliphatic hydroxyl groups is 1. The van der Waals surface area contributed by atoms with E-state index in [4.69, 9.17) is 0 Å². The number of halogens is 3. The number of nitrogens with zero attached hydrogens (tertiary/aromatic N) is 2. The van der Waals surface area contributed by atoms with Crippen molar-refractivity contribution in [1.82, 2.24) is 4.98 Å². The van der Waals surface area contributed by atoms with E-state index < -0.39 is 27.6 Å². The van der Waals surface area contributed by atoms with Crippen molar-refractivity contribution in [3.63, 3.8) is 0 Å². The van der Waals surface area contributed by atoms with E-state index in [-0.39, 0.29) is 34.0 Å². The van der Waals surface area contributed by atoms with Crippen molar-refractivity contribution in [1.29, 1.82) is 0 Å². The lowest BCUT2D eigenvalue weighted by Gasteiger charge is -2.40. The molecule has 1 N–H and O–H groups in total. The highest BCUT2D eigenvalue weighted by atomic mass is 32.2. The van der Waals surface area contributed by atoms with Gasteiger partial charge in [0.05, 0.1) is 21.7 Å². The molecule has 3 aromatic carbocycles. The van der Waals surface area contributed by atoms with Crippen LogP contribution in [0, 0.1) is 0 Å². The first-order valence-corrected chi connectivity index (χ1v) is 14.0. The quantitative estimate of drug-likeness (QED) is 0.313. The number of hydrogen-bond donors (Lipinski definition) is 1. The highest BCUT2D eigenvalue weighted by molar-refractivity contribution is 7.91. The molecule has 6 nitrogen and oxygen atoms in total. The van der Waals surface area contributed by atoms with E-state index >= 15 is 0 Å². The Morgan fingerprint density at radius 1 is 1.00 bits per heavy atom. The van der Waals surface area contributed by atoms with Crippen LogP contribution in [0.15, 0.2) is 88.8 Å². The van der Waals surface area contributed by atoms with Crippen LogP contribution in [0.25, 0.3) is 10.9 Å². The number of ether oxygens (including phenoxy) is 1. The molecule has 5 rings (SSSR count). The molecule has 4 aromatic rings. The Bertz CT molecular complexity index is 1580. The standard InChI is InChI=1S/C29H27F3N2O4S/c1-2-20-8-11-23(12-9-20)39(36,37)26-19-33-25-13-10-22(38-29(30,31)32)18-24(25)27(26)34-16-14-28(35,15-17-34)21-6-4-3-5-7-21/h3-13,18-19,35H,2,14-17H2,1H3. The van der Waals surface area contributed by atoms with Gasteiger partial charge in [0.25, 0.3) is 0 Å². The summed E-state index contributed by atoms with van der Waals surface area (Å²) in [5.41, 5.74) is 1.18. The van der Waals surface area contributed by atoms with Gasteiger partial charge in [-0.1, -0.05) is 49.4 Å². The van der Waals surface area contributed by atoms with Gasteiger partial charge >= 0.3 is 6.36 Å². The smallest absolute Gasteiger partial charge is 0.406 e. The van der Waals surface area contributed by atoms with Crippen LogP contribution in [-0.2, 0) is 21.9 Å². The highest BCUT2D eigenvalue weighted by Crippen LogP contribution is 2.41. The van der Waals surface area contributed by atoms with Crippen molar-refractivity contribution in [2.45, 2.75) is 47.9 Å². The maximum Gasteiger partial charge on any atom is 0.573 e. The molecule has 0 atom stereocenters. The average Bonchev–Trinajstić information content (AvgIpc) is 2.92. The molecule has 1 aliphatic rings. The van der Waals surface area contributed by atoms with E-state index in [0.29, 0.717) is 18.4 Å². The molecule has 204 valence electrons. The molecule has 2 heterocycles. The van der Waals surface area contributed by atoms with Crippen molar-refractivity contribution < 1.29 is 31.4 Å². The first-order chi connectivity index (χ1) is 18.5. The van der Waals surface area contributed by atoms with Gasteiger partial charge in [-0.05, 0) is 60.7 Å². The summed E-state index contributed by atoms with van der Waals surface area (Å²) >= 11 is 0. The highest BCUT2D eigenvalue weighted by Gasteiger charge is 2.37. The zero-order valence-corrected chi connectivity index (χ0v) is 22.0. The van der Waals surface area contributed by atoms with Crippen LogP contribution in [0.5, 0.6) is 5.75 Å². The number of anilines is 1. The number of fused-ring (bicyclic) bond motifs is 1. The van der Waals surface area contributed by atoms with Crippen LogP contribution in [0.1, 0.15) is 30.9 Å². The Morgan fingerprint density at radius 2 is 1.67 bits per heavy atom. The molecule has 1 saturated heterocycles. The van der Waals surface area contributed by atoms with Crippen molar-refractivity contribution in [2.75, 3.05) is 18.0 Å². The summed E-state index contributed by atoms with van der Waals surface area (Å²) in [6.45, 7) is 2.50. The lowest BCUT2D eigenvalue weighted by molar-refractivity contribution is -0.274. The van der Waals surface area contributed by atoms with Gasteiger partial charge in [0.15, 0.2) is 0 Å². The molecule has 0 aliphatic carbocycles. The molecule has 1 aliphatic heterocycles. The van der Waals surface area contributed by atoms with E-state index in [1.165, 1.54) is 30.5 Å². The number of aromatic nitrogens is 1. The van der Waals surface area contributed by atoms with Crippen LogP contribution in [0.4, 0.5) is 18.9 Å². The van der Waals surface area contributed by atoms with Crippen LogP contribution in [0.3, 0.4) is 0 Å². The summed E-state index contributed by atoms with van der Waals surface area (Å²) in [6.07, 6.45) is -2.33. The first-order valence-electron chi connectivity index (χ1n) is 12.6. The van der Waals surface area contributed by atoms with Crippen LogP contribution in [-0.4, -0.2) is 38.0 Å². The van der Waals surface area contributed by atoms with Crippen LogP contribution < -0.4 is 9.64 Å². The average molecular weight is 557 g/mol. The molecule has 0 unspecified atom stereocenters. The Kier molecular flexibility index (Phi) is 7.02. The molecule has 0 amide bonds. The summed E-state index contributed by atoms with van der Waals surface area (Å²) < 4.78 is 71.0. The van der Waals surface area contributed by atoms with Gasteiger partial charge < -0.3 is 14.7 Å². The molecule has 0 radical (unpaired) electrons. The number of benzene rings is 3. The van der Waals surface area contributed by atoms with Crippen molar-refractivity contribution in [2.24, 2.45) is 0 Å².